The molecule has 0 bridgehead atoms. The Labute approximate surface area is 153 Å². The summed E-state index contributed by atoms with van der Waals surface area (Å²) in [4.78, 5) is 11.6. The highest BCUT2D eigenvalue weighted by atomic mass is 19.4. The number of aliphatic hydroxyl groups excluding tert-OH is 1. The van der Waals surface area contributed by atoms with Crippen LogP contribution >= 0.6 is 0 Å². The van der Waals surface area contributed by atoms with Crippen LogP contribution in [0, 0.1) is 10.1 Å². The van der Waals surface area contributed by atoms with Crippen LogP contribution in [0.15, 0.2) is 48.5 Å². The molecule has 0 spiro atoms. The number of nitrogens with zero attached hydrogens (tertiary/aromatic N) is 2. The Balaban J connectivity index is 1.99. The van der Waals surface area contributed by atoms with Crippen molar-refractivity contribution in [2.45, 2.75) is 18.9 Å². The number of likely N-dealkylation sites (N-methyl/N-ethyl adjacent to an activating group) is 1. The van der Waals surface area contributed by atoms with E-state index >= 15 is 0 Å². The van der Waals surface area contributed by atoms with Gasteiger partial charge in [-0.3, -0.25) is 10.1 Å². The molecule has 0 aromatic heterocycles. The van der Waals surface area contributed by atoms with Crippen molar-refractivity contribution in [3.8, 4) is 0 Å². The van der Waals surface area contributed by atoms with E-state index in [1.54, 1.807) is 0 Å². The molecule has 0 amide bonds. The molecule has 146 valence electrons. The first-order valence-electron chi connectivity index (χ1n) is 8.05. The van der Waals surface area contributed by atoms with Crippen LogP contribution in [0.5, 0.6) is 0 Å². The minimum Gasteiger partial charge on any atom is -0.389 e. The molecule has 6 nitrogen and oxygen atoms in total. The molecular formula is C18H19F3N2O4. The van der Waals surface area contributed by atoms with Gasteiger partial charge in [0, 0.05) is 19.7 Å². The third kappa shape index (κ3) is 5.93. The Morgan fingerprint density at radius 2 is 1.89 bits per heavy atom. The largest absolute Gasteiger partial charge is 0.416 e. The van der Waals surface area contributed by atoms with Gasteiger partial charge in [-0.1, -0.05) is 30.3 Å². The Hall–Kier alpha value is -2.65. The molecule has 0 aliphatic carbocycles. The minimum atomic E-state index is -4.67. The van der Waals surface area contributed by atoms with Crippen LogP contribution in [-0.4, -0.2) is 36.3 Å². The van der Waals surface area contributed by atoms with Crippen LogP contribution in [0.1, 0.15) is 11.1 Å². The van der Waals surface area contributed by atoms with Gasteiger partial charge in [-0.25, -0.2) is 0 Å². The number of ether oxygens (including phenoxy) is 1. The van der Waals surface area contributed by atoms with Crippen molar-refractivity contribution in [1.82, 2.24) is 0 Å². The first-order valence-corrected chi connectivity index (χ1v) is 8.05. The zero-order chi connectivity index (χ0) is 20.0. The molecule has 1 atom stereocenters. The lowest BCUT2D eigenvalue weighted by molar-refractivity contribution is -0.384. The van der Waals surface area contributed by atoms with E-state index in [2.05, 4.69) is 0 Å². The molecular weight excluding hydrogens is 365 g/mol. The second-order valence-corrected chi connectivity index (χ2v) is 5.99. The van der Waals surface area contributed by atoms with Crippen molar-refractivity contribution in [2.24, 2.45) is 0 Å². The highest BCUT2D eigenvalue weighted by molar-refractivity contribution is 5.64. The van der Waals surface area contributed by atoms with Gasteiger partial charge in [0.25, 0.3) is 5.69 Å². The van der Waals surface area contributed by atoms with Gasteiger partial charge < -0.3 is 14.7 Å². The van der Waals surface area contributed by atoms with Crippen molar-refractivity contribution >= 4 is 11.4 Å². The van der Waals surface area contributed by atoms with Crippen molar-refractivity contribution in [2.75, 3.05) is 25.1 Å². The summed E-state index contributed by atoms with van der Waals surface area (Å²) < 4.78 is 43.7. The third-order valence-electron chi connectivity index (χ3n) is 3.82. The second kappa shape index (κ2) is 8.83. The van der Waals surface area contributed by atoms with E-state index in [-0.39, 0.29) is 18.8 Å². The molecule has 1 unspecified atom stereocenters. The lowest BCUT2D eigenvalue weighted by atomic mass is 10.1. The van der Waals surface area contributed by atoms with Crippen LogP contribution < -0.4 is 4.90 Å². The highest BCUT2D eigenvalue weighted by Gasteiger charge is 2.33. The third-order valence-corrected chi connectivity index (χ3v) is 3.82. The minimum absolute atomic E-state index is 0.0184. The van der Waals surface area contributed by atoms with E-state index in [4.69, 9.17) is 4.74 Å². The van der Waals surface area contributed by atoms with Crippen LogP contribution in [0.4, 0.5) is 24.5 Å². The predicted molar refractivity (Wildman–Crippen MR) is 93.5 cm³/mol. The SMILES string of the molecule is CN(CC(O)COCc1ccccc1)c1ccc(C(F)(F)F)cc1[N+](=O)[O-]. The molecule has 27 heavy (non-hydrogen) atoms. The summed E-state index contributed by atoms with van der Waals surface area (Å²) in [5.41, 5.74) is -0.866. The molecule has 2 aromatic carbocycles. The molecule has 1 N–H and O–H groups in total. The van der Waals surface area contributed by atoms with Gasteiger partial charge in [0.2, 0.25) is 0 Å². The van der Waals surface area contributed by atoms with Gasteiger partial charge in [-0.2, -0.15) is 13.2 Å². The number of rotatable bonds is 8. The number of aliphatic hydroxyl groups is 1. The molecule has 2 rings (SSSR count). The molecule has 0 aliphatic rings. The first kappa shape index (κ1) is 20.7. The molecule has 0 radical (unpaired) electrons. The van der Waals surface area contributed by atoms with Gasteiger partial charge in [0.1, 0.15) is 5.69 Å². The molecule has 0 heterocycles. The van der Waals surface area contributed by atoms with E-state index in [1.807, 2.05) is 30.3 Å². The van der Waals surface area contributed by atoms with Crippen LogP contribution in [-0.2, 0) is 17.5 Å². The summed E-state index contributed by atoms with van der Waals surface area (Å²) in [5, 5.41) is 21.2. The van der Waals surface area contributed by atoms with Crippen molar-refractivity contribution in [1.29, 1.82) is 0 Å². The zero-order valence-electron chi connectivity index (χ0n) is 14.5. The molecule has 0 fully saturated rings. The average Bonchev–Trinajstić information content (AvgIpc) is 2.61. The highest BCUT2D eigenvalue weighted by Crippen LogP contribution is 2.36. The number of alkyl halides is 3. The van der Waals surface area contributed by atoms with E-state index < -0.39 is 28.5 Å². The fraction of sp³-hybridized carbons (Fsp3) is 0.333. The monoisotopic (exact) mass is 384 g/mol. The smallest absolute Gasteiger partial charge is 0.389 e. The fourth-order valence-electron chi connectivity index (χ4n) is 2.52. The van der Waals surface area contributed by atoms with Gasteiger partial charge in [-0.05, 0) is 17.7 Å². The summed E-state index contributed by atoms with van der Waals surface area (Å²) in [7, 11) is 1.45. The van der Waals surface area contributed by atoms with E-state index in [0.29, 0.717) is 12.7 Å². The summed E-state index contributed by atoms with van der Waals surface area (Å²) in [6.45, 7) is 0.233. The van der Waals surface area contributed by atoms with Gasteiger partial charge in [-0.15, -0.1) is 0 Å². The van der Waals surface area contributed by atoms with E-state index in [9.17, 15) is 28.4 Å². The number of hydrogen-bond donors (Lipinski definition) is 1. The Morgan fingerprint density at radius 3 is 2.48 bits per heavy atom. The first-order chi connectivity index (χ1) is 12.7. The van der Waals surface area contributed by atoms with Crippen molar-refractivity contribution in [3.63, 3.8) is 0 Å². The Morgan fingerprint density at radius 1 is 1.22 bits per heavy atom. The lowest BCUT2D eigenvalue weighted by Crippen LogP contribution is -2.32. The molecule has 0 saturated heterocycles. The van der Waals surface area contributed by atoms with Crippen LogP contribution in [0.25, 0.3) is 0 Å². The summed E-state index contributed by atoms with van der Waals surface area (Å²) in [6, 6.07) is 11.6. The number of nitro groups is 1. The summed E-state index contributed by atoms with van der Waals surface area (Å²) in [6.07, 6.45) is -5.65. The van der Waals surface area contributed by atoms with Gasteiger partial charge >= 0.3 is 6.18 Å². The topological polar surface area (TPSA) is 75.8 Å². The predicted octanol–water partition coefficient (Wildman–Crippen LogP) is 3.63. The normalized spacial score (nSPS) is 12.6. The van der Waals surface area contributed by atoms with Gasteiger partial charge in [0.05, 0.1) is 29.8 Å². The molecule has 0 aliphatic heterocycles. The number of anilines is 1. The summed E-state index contributed by atoms with van der Waals surface area (Å²) >= 11 is 0. The van der Waals surface area contributed by atoms with Crippen LogP contribution in [0.2, 0.25) is 0 Å². The zero-order valence-corrected chi connectivity index (χ0v) is 14.5. The fourth-order valence-corrected chi connectivity index (χ4v) is 2.52. The van der Waals surface area contributed by atoms with E-state index in [0.717, 1.165) is 17.7 Å². The Bertz CT molecular complexity index is 769. The van der Waals surface area contributed by atoms with Gasteiger partial charge in [0.15, 0.2) is 0 Å². The summed E-state index contributed by atoms with van der Waals surface area (Å²) in [5.74, 6) is 0. The standard InChI is InChI=1S/C18H19F3N2O4/c1-22(10-15(24)12-27-11-13-5-3-2-4-6-13)16-8-7-14(18(19,20)21)9-17(16)23(25)26/h2-9,15,24H,10-12H2,1H3. The maximum Gasteiger partial charge on any atom is 0.416 e. The molecule has 2 aromatic rings. The lowest BCUT2D eigenvalue weighted by Gasteiger charge is -2.23. The Kier molecular flexibility index (Phi) is 6.75. The quantitative estimate of drug-likeness (QED) is 0.556. The number of hydrogen-bond acceptors (Lipinski definition) is 5. The van der Waals surface area contributed by atoms with E-state index in [1.165, 1.54) is 11.9 Å². The average molecular weight is 384 g/mol. The number of nitro benzene ring substituents is 1. The second-order valence-electron chi connectivity index (χ2n) is 5.99. The number of benzene rings is 2. The maximum atomic E-state index is 12.8. The maximum absolute atomic E-state index is 12.8. The van der Waals surface area contributed by atoms with Crippen molar-refractivity contribution in [3.05, 3.63) is 69.8 Å². The molecule has 0 saturated carbocycles. The number of halogens is 3. The van der Waals surface area contributed by atoms with Crippen LogP contribution in [0.3, 0.4) is 0 Å². The molecule has 9 heteroatoms. The van der Waals surface area contributed by atoms with Crippen molar-refractivity contribution < 1.29 is 27.9 Å².